The Morgan fingerprint density at radius 1 is 1.21 bits per heavy atom. The molecule has 0 atom stereocenters. The fourth-order valence-electron chi connectivity index (χ4n) is 0.929. The average molecular weight is 199 g/mol. The molecule has 3 heteroatoms. The average Bonchev–Trinajstić information content (AvgIpc) is 2.09. The van der Waals surface area contributed by atoms with Gasteiger partial charge in [0.2, 0.25) is 5.91 Å². The maximum atomic E-state index is 11.4. The van der Waals surface area contributed by atoms with Crippen molar-refractivity contribution >= 4 is 11.7 Å². The molecule has 0 aromatic heterocycles. The molecule has 0 rings (SSSR count). The fourth-order valence-corrected chi connectivity index (χ4v) is 0.929. The smallest absolute Gasteiger partial charge is 0.225 e. The molecule has 0 unspecified atom stereocenters. The lowest BCUT2D eigenvalue weighted by Gasteiger charge is -2.17. The third-order valence-corrected chi connectivity index (χ3v) is 1.99. The quantitative estimate of drug-likeness (QED) is 0.687. The van der Waals surface area contributed by atoms with Crippen LogP contribution in [-0.2, 0) is 9.59 Å². The van der Waals surface area contributed by atoms with Gasteiger partial charge in [0.05, 0.1) is 0 Å². The number of rotatable bonds is 5. The minimum absolute atomic E-state index is 0.0430. The van der Waals surface area contributed by atoms with Crippen LogP contribution in [0.25, 0.3) is 0 Å². The molecule has 0 aliphatic carbocycles. The Morgan fingerprint density at radius 2 is 1.79 bits per heavy atom. The Kier molecular flexibility index (Phi) is 5.43. The van der Waals surface area contributed by atoms with Crippen LogP contribution in [0.15, 0.2) is 0 Å². The summed E-state index contributed by atoms with van der Waals surface area (Å²) in [4.78, 5) is 22.3. The maximum absolute atomic E-state index is 11.4. The molecule has 14 heavy (non-hydrogen) atoms. The van der Waals surface area contributed by atoms with Crippen LogP contribution in [0.5, 0.6) is 0 Å². The van der Waals surface area contributed by atoms with Crippen LogP contribution in [0.3, 0.4) is 0 Å². The molecule has 0 saturated carbocycles. The molecular weight excluding hydrogens is 178 g/mol. The Hall–Kier alpha value is -0.860. The molecule has 0 radical (unpaired) electrons. The zero-order valence-electron chi connectivity index (χ0n) is 9.64. The van der Waals surface area contributed by atoms with Crippen LogP contribution in [0.2, 0.25) is 0 Å². The van der Waals surface area contributed by atoms with E-state index in [0.29, 0.717) is 19.4 Å². The van der Waals surface area contributed by atoms with Crippen LogP contribution in [0.4, 0.5) is 0 Å². The first-order chi connectivity index (χ1) is 6.38. The predicted octanol–water partition coefficient (Wildman–Crippen LogP) is 1.91. The molecule has 0 heterocycles. The van der Waals surface area contributed by atoms with E-state index in [4.69, 9.17) is 0 Å². The minimum atomic E-state index is -0.339. The first kappa shape index (κ1) is 13.1. The third-order valence-electron chi connectivity index (χ3n) is 1.99. The second-order valence-electron chi connectivity index (χ2n) is 4.50. The Balaban J connectivity index is 3.56. The van der Waals surface area contributed by atoms with Gasteiger partial charge < -0.3 is 5.32 Å². The number of hydrogen-bond donors (Lipinski definition) is 1. The van der Waals surface area contributed by atoms with Gasteiger partial charge in [-0.2, -0.15) is 0 Å². The van der Waals surface area contributed by atoms with Gasteiger partial charge in [-0.1, -0.05) is 27.7 Å². The van der Waals surface area contributed by atoms with E-state index in [9.17, 15) is 9.59 Å². The zero-order valence-corrected chi connectivity index (χ0v) is 9.64. The SMILES string of the molecule is CCC(=O)CCCNC(=O)C(C)(C)C. The van der Waals surface area contributed by atoms with Crippen molar-refractivity contribution in [2.24, 2.45) is 5.41 Å². The topological polar surface area (TPSA) is 46.2 Å². The lowest BCUT2D eigenvalue weighted by molar-refractivity contribution is -0.128. The van der Waals surface area contributed by atoms with Gasteiger partial charge >= 0.3 is 0 Å². The summed E-state index contributed by atoms with van der Waals surface area (Å²) in [6, 6.07) is 0. The molecule has 1 amide bonds. The molecule has 82 valence electrons. The van der Waals surface area contributed by atoms with Crippen LogP contribution in [0.1, 0.15) is 47.0 Å². The number of nitrogens with one attached hydrogen (secondary N) is 1. The van der Waals surface area contributed by atoms with Gasteiger partial charge in [-0.15, -0.1) is 0 Å². The number of hydrogen-bond acceptors (Lipinski definition) is 2. The lowest BCUT2D eigenvalue weighted by atomic mass is 9.96. The second kappa shape index (κ2) is 5.78. The van der Waals surface area contributed by atoms with Crippen molar-refractivity contribution in [2.45, 2.75) is 47.0 Å². The fraction of sp³-hybridized carbons (Fsp3) is 0.818. The van der Waals surface area contributed by atoms with Crippen molar-refractivity contribution in [1.29, 1.82) is 0 Å². The van der Waals surface area contributed by atoms with Gasteiger partial charge in [0.15, 0.2) is 0 Å². The number of carbonyl (C=O) groups excluding carboxylic acids is 2. The van der Waals surface area contributed by atoms with Gasteiger partial charge in [-0.25, -0.2) is 0 Å². The van der Waals surface area contributed by atoms with Gasteiger partial charge in [0, 0.05) is 24.8 Å². The zero-order chi connectivity index (χ0) is 11.2. The van der Waals surface area contributed by atoms with Gasteiger partial charge in [-0.3, -0.25) is 9.59 Å². The monoisotopic (exact) mass is 199 g/mol. The summed E-state index contributed by atoms with van der Waals surface area (Å²) in [5.74, 6) is 0.302. The van der Waals surface area contributed by atoms with Gasteiger partial charge in [-0.05, 0) is 6.42 Å². The number of Topliss-reactive ketones (excluding diaryl/α,β-unsaturated/α-hetero) is 1. The van der Waals surface area contributed by atoms with E-state index >= 15 is 0 Å². The summed E-state index contributed by atoms with van der Waals surface area (Å²) < 4.78 is 0. The minimum Gasteiger partial charge on any atom is -0.356 e. The van der Waals surface area contributed by atoms with Gasteiger partial charge in [0.1, 0.15) is 5.78 Å². The molecule has 0 spiro atoms. The van der Waals surface area contributed by atoms with E-state index in [1.54, 1.807) is 0 Å². The standard InChI is InChI=1S/C11H21NO2/c1-5-9(13)7-6-8-12-10(14)11(2,3)4/h5-8H2,1-4H3,(H,12,14). The summed E-state index contributed by atoms with van der Waals surface area (Å²) in [7, 11) is 0. The number of amides is 1. The molecule has 0 aliphatic rings. The molecule has 0 bridgehead atoms. The number of ketones is 1. The summed E-state index contributed by atoms with van der Waals surface area (Å²) in [5.41, 5.74) is -0.339. The molecule has 0 aromatic carbocycles. The first-order valence-electron chi connectivity index (χ1n) is 5.18. The molecule has 1 N–H and O–H groups in total. The van der Waals surface area contributed by atoms with Crippen molar-refractivity contribution < 1.29 is 9.59 Å². The third kappa shape index (κ3) is 5.73. The predicted molar refractivity (Wildman–Crippen MR) is 57.0 cm³/mol. The molecule has 0 aromatic rings. The second-order valence-corrected chi connectivity index (χ2v) is 4.50. The van der Waals surface area contributed by atoms with Crippen molar-refractivity contribution in [1.82, 2.24) is 5.32 Å². The summed E-state index contributed by atoms with van der Waals surface area (Å²) >= 11 is 0. The Labute approximate surface area is 86.3 Å². The Morgan fingerprint density at radius 3 is 2.21 bits per heavy atom. The molecule has 3 nitrogen and oxygen atoms in total. The van der Waals surface area contributed by atoms with Crippen LogP contribution in [0, 0.1) is 5.41 Å². The van der Waals surface area contributed by atoms with E-state index in [1.807, 2.05) is 27.7 Å². The Bertz CT molecular complexity index is 204. The van der Waals surface area contributed by atoms with E-state index in [2.05, 4.69) is 5.32 Å². The maximum Gasteiger partial charge on any atom is 0.225 e. The van der Waals surface area contributed by atoms with Crippen LogP contribution >= 0.6 is 0 Å². The summed E-state index contributed by atoms with van der Waals surface area (Å²) in [6.45, 7) is 8.08. The normalized spacial score (nSPS) is 11.1. The molecular formula is C11H21NO2. The molecule has 0 aliphatic heterocycles. The van der Waals surface area contributed by atoms with Crippen molar-refractivity contribution in [3.05, 3.63) is 0 Å². The summed E-state index contributed by atoms with van der Waals surface area (Å²) in [5, 5.41) is 2.81. The summed E-state index contributed by atoms with van der Waals surface area (Å²) in [6.07, 6.45) is 1.91. The highest BCUT2D eigenvalue weighted by Gasteiger charge is 2.20. The molecule has 0 saturated heterocycles. The largest absolute Gasteiger partial charge is 0.356 e. The van der Waals surface area contributed by atoms with Crippen molar-refractivity contribution in [3.8, 4) is 0 Å². The highest BCUT2D eigenvalue weighted by atomic mass is 16.2. The highest BCUT2D eigenvalue weighted by Crippen LogP contribution is 2.12. The highest BCUT2D eigenvalue weighted by molar-refractivity contribution is 5.81. The molecule has 0 fully saturated rings. The van der Waals surface area contributed by atoms with Crippen LogP contribution < -0.4 is 5.32 Å². The van der Waals surface area contributed by atoms with E-state index < -0.39 is 0 Å². The lowest BCUT2D eigenvalue weighted by Crippen LogP contribution is -2.35. The van der Waals surface area contributed by atoms with Gasteiger partial charge in [0.25, 0.3) is 0 Å². The van der Waals surface area contributed by atoms with Crippen molar-refractivity contribution in [3.63, 3.8) is 0 Å². The first-order valence-corrected chi connectivity index (χ1v) is 5.18. The number of carbonyl (C=O) groups is 2. The van der Waals surface area contributed by atoms with E-state index in [-0.39, 0.29) is 17.1 Å². The van der Waals surface area contributed by atoms with E-state index in [0.717, 1.165) is 6.42 Å². The van der Waals surface area contributed by atoms with Crippen LogP contribution in [-0.4, -0.2) is 18.2 Å². The van der Waals surface area contributed by atoms with Crippen molar-refractivity contribution in [2.75, 3.05) is 6.54 Å². The van der Waals surface area contributed by atoms with E-state index in [1.165, 1.54) is 0 Å².